The topological polar surface area (TPSA) is 175 Å². The Morgan fingerprint density at radius 2 is 1.57 bits per heavy atom. The first-order valence-electron chi connectivity index (χ1n) is 5.83. The van der Waals surface area contributed by atoms with Crippen molar-refractivity contribution >= 4 is 29.7 Å². The molecule has 0 aromatic carbocycles. The van der Waals surface area contributed by atoms with Crippen LogP contribution in [0.1, 0.15) is 26.2 Å². The molecule has 0 spiro atoms. The molecule has 2 atom stereocenters. The van der Waals surface area contributed by atoms with Gasteiger partial charge in [0.25, 0.3) is 0 Å². The predicted molar refractivity (Wildman–Crippen MR) is 66.0 cm³/mol. The number of hydrogen-bond donors (Lipinski definition) is 4. The molecule has 0 saturated heterocycles. The minimum atomic E-state index is -1.72. The molecule has 21 heavy (non-hydrogen) atoms. The highest BCUT2D eigenvalue weighted by atomic mass is 16.4. The Labute approximate surface area is 119 Å². The van der Waals surface area contributed by atoms with Crippen molar-refractivity contribution in [3.8, 4) is 0 Å². The van der Waals surface area contributed by atoms with E-state index in [-0.39, 0.29) is 0 Å². The molecule has 0 aliphatic rings. The molecule has 5 N–H and O–H groups in total. The first-order chi connectivity index (χ1) is 9.57. The lowest BCUT2D eigenvalue weighted by atomic mass is 10.1. The van der Waals surface area contributed by atoms with E-state index in [2.05, 4.69) is 0 Å². The summed E-state index contributed by atoms with van der Waals surface area (Å²) in [6.07, 6.45) is -1.87. The van der Waals surface area contributed by atoms with Crippen LogP contribution in [0.15, 0.2) is 0 Å². The van der Waals surface area contributed by atoms with Crippen molar-refractivity contribution in [2.75, 3.05) is 0 Å². The number of amides is 2. The van der Waals surface area contributed by atoms with Crippen molar-refractivity contribution < 1.29 is 39.3 Å². The molecule has 10 heteroatoms. The van der Waals surface area contributed by atoms with Crippen LogP contribution in [0.4, 0.5) is 0 Å². The molecule has 0 radical (unpaired) electrons. The van der Waals surface area contributed by atoms with Gasteiger partial charge < -0.3 is 21.1 Å². The predicted octanol–water partition coefficient (Wildman–Crippen LogP) is -1.52. The van der Waals surface area contributed by atoms with Gasteiger partial charge in [-0.15, -0.1) is 0 Å². The molecule has 10 nitrogen and oxygen atoms in total. The van der Waals surface area contributed by atoms with Crippen LogP contribution in [0.3, 0.4) is 0 Å². The fraction of sp³-hybridized carbons (Fsp3) is 0.545. The third-order valence-electron chi connectivity index (χ3n) is 2.52. The van der Waals surface area contributed by atoms with Crippen molar-refractivity contribution in [1.29, 1.82) is 0 Å². The van der Waals surface area contributed by atoms with Gasteiger partial charge in [-0.05, 0) is 6.42 Å². The van der Waals surface area contributed by atoms with E-state index in [9.17, 15) is 24.0 Å². The number of aliphatic carboxylic acids is 3. The summed E-state index contributed by atoms with van der Waals surface area (Å²) in [6.45, 7) is 0.905. The van der Waals surface area contributed by atoms with Crippen LogP contribution in [-0.2, 0) is 24.0 Å². The van der Waals surface area contributed by atoms with Gasteiger partial charge in [0.15, 0.2) is 0 Å². The third kappa shape index (κ3) is 5.99. The second-order valence-electron chi connectivity index (χ2n) is 4.22. The molecular weight excluding hydrogens is 288 g/mol. The fourth-order valence-corrected chi connectivity index (χ4v) is 1.61. The standard InChI is InChI=1S/C11H16N2O8/c1-5(14)13(10(19)6(12)4-9(17)18)7(11(20)21)2-3-8(15)16/h6-7H,2-4,12H2,1H3,(H,15,16)(H,17,18)(H,20,21). The minimum absolute atomic E-state index is 0.291. The normalized spacial score (nSPS) is 13.0. The van der Waals surface area contributed by atoms with Gasteiger partial charge in [-0.3, -0.25) is 24.1 Å². The van der Waals surface area contributed by atoms with Gasteiger partial charge in [-0.25, -0.2) is 4.79 Å². The number of carbonyl (C=O) groups excluding carboxylic acids is 2. The van der Waals surface area contributed by atoms with Gasteiger partial charge in [-0.1, -0.05) is 0 Å². The van der Waals surface area contributed by atoms with Crippen LogP contribution in [0.5, 0.6) is 0 Å². The lowest BCUT2D eigenvalue weighted by Crippen LogP contribution is -2.54. The Balaban J connectivity index is 5.26. The lowest BCUT2D eigenvalue weighted by molar-refractivity contribution is -0.159. The van der Waals surface area contributed by atoms with E-state index in [1.54, 1.807) is 0 Å². The molecule has 0 bridgehead atoms. The number of imide groups is 1. The van der Waals surface area contributed by atoms with Crippen LogP contribution in [-0.4, -0.2) is 62.0 Å². The van der Waals surface area contributed by atoms with Gasteiger partial charge in [0, 0.05) is 13.3 Å². The SMILES string of the molecule is CC(=O)N(C(=O)C(N)CC(=O)O)C(CCC(=O)O)C(=O)O. The largest absolute Gasteiger partial charge is 0.481 e. The Morgan fingerprint density at radius 1 is 1.05 bits per heavy atom. The highest BCUT2D eigenvalue weighted by molar-refractivity contribution is 6.01. The summed E-state index contributed by atoms with van der Waals surface area (Å²) >= 11 is 0. The molecule has 2 amide bonds. The Bertz CT molecular complexity index is 461. The van der Waals surface area contributed by atoms with Crippen molar-refractivity contribution in [2.45, 2.75) is 38.3 Å². The van der Waals surface area contributed by atoms with E-state index in [0.29, 0.717) is 4.90 Å². The van der Waals surface area contributed by atoms with Gasteiger partial charge in [0.05, 0.1) is 12.5 Å². The third-order valence-corrected chi connectivity index (χ3v) is 2.52. The number of carbonyl (C=O) groups is 5. The maximum Gasteiger partial charge on any atom is 0.326 e. The zero-order chi connectivity index (χ0) is 16.7. The molecule has 0 heterocycles. The quantitative estimate of drug-likeness (QED) is 0.415. The van der Waals surface area contributed by atoms with E-state index in [0.717, 1.165) is 6.92 Å². The maximum atomic E-state index is 11.9. The molecule has 0 aromatic heterocycles. The van der Waals surface area contributed by atoms with Gasteiger partial charge in [0.2, 0.25) is 11.8 Å². The zero-order valence-corrected chi connectivity index (χ0v) is 11.2. The minimum Gasteiger partial charge on any atom is -0.481 e. The summed E-state index contributed by atoms with van der Waals surface area (Å²) in [5, 5.41) is 26.1. The highest BCUT2D eigenvalue weighted by Gasteiger charge is 2.36. The van der Waals surface area contributed by atoms with Gasteiger partial charge >= 0.3 is 17.9 Å². The van der Waals surface area contributed by atoms with Crippen molar-refractivity contribution in [3.05, 3.63) is 0 Å². The summed E-state index contributed by atoms with van der Waals surface area (Å²) in [5.41, 5.74) is 5.32. The van der Waals surface area contributed by atoms with E-state index < -0.39 is 61.1 Å². The molecule has 118 valence electrons. The van der Waals surface area contributed by atoms with Crippen LogP contribution < -0.4 is 5.73 Å². The first kappa shape index (κ1) is 18.5. The second-order valence-corrected chi connectivity index (χ2v) is 4.22. The number of hydrogen-bond acceptors (Lipinski definition) is 6. The van der Waals surface area contributed by atoms with E-state index in [1.807, 2.05) is 0 Å². The maximum absolute atomic E-state index is 11.9. The molecule has 2 unspecified atom stereocenters. The summed E-state index contributed by atoms with van der Waals surface area (Å²) in [5.74, 6) is -6.41. The van der Waals surface area contributed by atoms with Crippen molar-refractivity contribution in [2.24, 2.45) is 5.73 Å². The van der Waals surface area contributed by atoms with Crippen molar-refractivity contribution in [3.63, 3.8) is 0 Å². The molecule has 0 aliphatic heterocycles. The number of nitrogens with two attached hydrogens (primary N) is 1. The van der Waals surface area contributed by atoms with Crippen molar-refractivity contribution in [1.82, 2.24) is 4.90 Å². The number of carboxylic acid groups (broad SMARTS) is 3. The molecule has 0 aliphatic carbocycles. The molecule has 0 fully saturated rings. The molecule has 0 rings (SSSR count). The van der Waals surface area contributed by atoms with Gasteiger partial charge in [-0.2, -0.15) is 0 Å². The van der Waals surface area contributed by atoms with Crippen LogP contribution in [0.2, 0.25) is 0 Å². The molecule has 0 aromatic rings. The number of rotatable bonds is 8. The Hall–Kier alpha value is -2.49. The number of nitrogens with zero attached hydrogens (tertiary/aromatic N) is 1. The van der Waals surface area contributed by atoms with E-state index >= 15 is 0 Å². The smallest absolute Gasteiger partial charge is 0.326 e. The van der Waals surface area contributed by atoms with Crippen LogP contribution >= 0.6 is 0 Å². The summed E-state index contributed by atoms with van der Waals surface area (Å²) in [7, 11) is 0. The Kier molecular flexibility index (Phi) is 7.00. The summed E-state index contributed by atoms with van der Waals surface area (Å²) < 4.78 is 0. The summed E-state index contributed by atoms with van der Waals surface area (Å²) in [6, 6.07) is -3.32. The number of carboxylic acids is 3. The highest BCUT2D eigenvalue weighted by Crippen LogP contribution is 2.11. The second kappa shape index (κ2) is 7.94. The Morgan fingerprint density at radius 3 is 1.90 bits per heavy atom. The summed E-state index contributed by atoms with van der Waals surface area (Å²) in [4.78, 5) is 55.8. The fourth-order valence-electron chi connectivity index (χ4n) is 1.61. The average Bonchev–Trinajstić information content (AvgIpc) is 2.31. The van der Waals surface area contributed by atoms with E-state index in [4.69, 9.17) is 21.1 Å². The molecule has 0 saturated carbocycles. The molecular formula is C11H16N2O8. The van der Waals surface area contributed by atoms with Crippen LogP contribution in [0, 0.1) is 0 Å². The van der Waals surface area contributed by atoms with Crippen LogP contribution in [0.25, 0.3) is 0 Å². The first-order valence-corrected chi connectivity index (χ1v) is 5.83. The monoisotopic (exact) mass is 304 g/mol. The lowest BCUT2D eigenvalue weighted by Gasteiger charge is -2.27. The van der Waals surface area contributed by atoms with Gasteiger partial charge in [0.1, 0.15) is 6.04 Å². The van der Waals surface area contributed by atoms with E-state index in [1.165, 1.54) is 0 Å². The zero-order valence-electron chi connectivity index (χ0n) is 11.2. The average molecular weight is 304 g/mol.